The second-order valence-corrected chi connectivity index (χ2v) is 4.52. The monoisotopic (exact) mass is 246 g/mol. The fraction of sp³-hybridized carbons (Fsp3) is 0.154. The van der Waals surface area contributed by atoms with Crippen LogP contribution in [0.15, 0.2) is 52.5 Å². The van der Waals surface area contributed by atoms with Crippen molar-refractivity contribution < 1.29 is 4.74 Å². The van der Waals surface area contributed by atoms with E-state index >= 15 is 0 Å². The first kappa shape index (κ1) is 12.0. The largest absolute Gasteiger partial charge is 0.497 e. The molecule has 0 aliphatic rings. The molecule has 0 aliphatic heterocycles. The van der Waals surface area contributed by atoms with Gasteiger partial charge < -0.3 is 10.5 Å². The number of pyridine rings is 1. The van der Waals surface area contributed by atoms with Crippen LogP contribution in [-0.2, 0) is 6.54 Å². The summed E-state index contributed by atoms with van der Waals surface area (Å²) in [5, 5.41) is 0.947. The Kier molecular flexibility index (Phi) is 4.01. The van der Waals surface area contributed by atoms with Crippen LogP contribution in [0, 0.1) is 0 Å². The first-order valence-corrected chi connectivity index (χ1v) is 6.11. The highest BCUT2D eigenvalue weighted by Gasteiger charge is 2.04. The lowest BCUT2D eigenvalue weighted by atomic mass is 10.3. The van der Waals surface area contributed by atoms with Crippen molar-refractivity contribution in [3.8, 4) is 5.75 Å². The van der Waals surface area contributed by atoms with Crippen LogP contribution < -0.4 is 10.5 Å². The van der Waals surface area contributed by atoms with E-state index in [0.717, 1.165) is 21.2 Å². The number of aromatic nitrogens is 1. The van der Waals surface area contributed by atoms with E-state index in [1.54, 1.807) is 25.1 Å². The Morgan fingerprint density at radius 2 is 2.18 bits per heavy atom. The summed E-state index contributed by atoms with van der Waals surface area (Å²) in [6, 6.07) is 11.8. The fourth-order valence-electron chi connectivity index (χ4n) is 1.45. The summed E-state index contributed by atoms with van der Waals surface area (Å²) in [4.78, 5) is 5.44. The van der Waals surface area contributed by atoms with Gasteiger partial charge >= 0.3 is 0 Å². The minimum atomic E-state index is 0.500. The van der Waals surface area contributed by atoms with Crippen LogP contribution in [-0.4, -0.2) is 12.1 Å². The van der Waals surface area contributed by atoms with Gasteiger partial charge in [0.15, 0.2) is 0 Å². The average molecular weight is 246 g/mol. The zero-order chi connectivity index (χ0) is 12.1. The minimum Gasteiger partial charge on any atom is -0.497 e. The summed E-state index contributed by atoms with van der Waals surface area (Å²) in [5.74, 6) is 0.847. The molecule has 2 rings (SSSR count). The maximum Gasteiger partial charge on any atom is 0.119 e. The lowest BCUT2D eigenvalue weighted by molar-refractivity contribution is 0.413. The van der Waals surface area contributed by atoms with E-state index in [0.29, 0.717) is 6.54 Å². The Balaban J connectivity index is 2.24. The number of rotatable bonds is 4. The highest BCUT2D eigenvalue weighted by atomic mass is 32.2. The van der Waals surface area contributed by atoms with Crippen LogP contribution in [0.5, 0.6) is 5.75 Å². The Morgan fingerprint density at radius 1 is 1.29 bits per heavy atom. The summed E-state index contributed by atoms with van der Waals surface area (Å²) >= 11 is 1.60. The van der Waals surface area contributed by atoms with Gasteiger partial charge in [-0.1, -0.05) is 23.9 Å². The summed E-state index contributed by atoms with van der Waals surface area (Å²) in [7, 11) is 1.66. The molecule has 0 atom stereocenters. The van der Waals surface area contributed by atoms with E-state index in [-0.39, 0.29) is 0 Å². The number of hydrogen-bond acceptors (Lipinski definition) is 4. The van der Waals surface area contributed by atoms with Crippen molar-refractivity contribution in [2.75, 3.05) is 7.11 Å². The Morgan fingerprint density at radius 3 is 2.94 bits per heavy atom. The normalized spacial score (nSPS) is 10.2. The van der Waals surface area contributed by atoms with Crippen molar-refractivity contribution >= 4 is 11.8 Å². The molecule has 1 heterocycles. The topological polar surface area (TPSA) is 48.1 Å². The van der Waals surface area contributed by atoms with Gasteiger partial charge in [0.2, 0.25) is 0 Å². The molecular weight excluding hydrogens is 232 g/mol. The molecule has 0 aliphatic carbocycles. The van der Waals surface area contributed by atoms with Crippen LogP contribution in [0.3, 0.4) is 0 Å². The van der Waals surface area contributed by atoms with E-state index in [1.807, 2.05) is 36.4 Å². The van der Waals surface area contributed by atoms with Crippen molar-refractivity contribution in [2.24, 2.45) is 5.73 Å². The summed E-state index contributed by atoms with van der Waals surface area (Å²) in [6.45, 7) is 0.500. The molecule has 0 radical (unpaired) electrons. The number of benzene rings is 1. The van der Waals surface area contributed by atoms with Gasteiger partial charge in [-0.2, -0.15) is 0 Å². The van der Waals surface area contributed by atoms with Crippen LogP contribution in [0.2, 0.25) is 0 Å². The van der Waals surface area contributed by atoms with E-state index in [4.69, 9.17) is 10.5 Å². The van der Waals surface area contributed by atoms with Crippen LogP contribution in [0.4, 0.5) is 0 Å². The molecule has 1 aromatic heterocycles. The first-order valence-electron chi connectivity index (χ1n) is 5.29. The molecule has 3 nitrogen and oxygen atoms in total. The van der Waals surface area contributed by atoms with E-state index in [1.165, 1.54) is 0 Å². The maximum absolute atomic E-state index is 5.68. The van der Waals surface area contributed by atoms with Gasteiger partial charge in [0.1, 0.15) is 10.8 Å². The summed E-state index contributed by atoms with van der Waals surface area (Å²) in [5.41, 5.74) is 6.74. The number of methoxy groups -OCH3 is 1. The third kappa shape index (κ3) is 2.99. The Labute approximate surface area is 105 Å². The second-order valence-electron chi connectivity index (χ2n) is 3.45. The average Bonchev–Trinajstić information content (AvgIpc) is 2.39. The molecule has 0 saturated carbocycles. The van der Waals surface area contributed by atoms with Gasteiger partial charge in [-0.15, -0.1) is 0 Å². The zero-order valence-electron chi connectivity index (χ0n) is 9.59. The number of hydrogen-bond donors (Lipinski definition) is 1. The Bertz CT molecular complexity index is 502. The predicted molar refractivity (Wildman–Crippen MR) is 69.2 cm³/mol. The molecule has 0 saturated heterocycles. The summed E-state index contributed by atoms with van der Waals surface area (Å²) < 4.78 is 5.19. The van der Waals surface area contributed by atoms with Gasteiger partial charge in [-0.05, 0) is 29.8 Å². The maximum atomic E-state index is 5.68. The van der Waals surface area contributed by atoms with Gasteiger partial charge in [0.05, 0.1) is 7.11 Å². The van der Waals surface area contributed by atoms with Crippen molar-refractivity contribution in [3.63, 3.8) is 0 Å². The van der Waals surface area contributed by atoms with Crippen LogP contribution >= 0.6 is 11.8 Å². The van der Waals surface area contributed by atoms with Crippen molar-refractivity contribution in [1.29, 1.82) is 0 Å². The third-order valence-corrected chi connectivity index (χ3v) is 3.38. The van der Waals surface area contributed by atoms with E-state index in [2.05, 4.69) is 4.98 Å². The lowest BCUT2D eigenvalue weighted by Crippen LogP contribution is -1.99. The van der Waals surface area contributed by atoms with Gasteiger partial charge in [0.25, 0.3) is 0 Å². The fourth-order valence-corrected chi connectivity index (χ4v) is 2.39. The number of nitrogens with zero attached hydrogens (tertiary/aromatic N) is 1. The SMILES string of the molecule is COc1cccc(Sc2ncccc2CN)c1. The van der Waals surface area contributed by atoms with Crippen molar-refractivity contribution in [2.45, 2.75) is 16.5 Å². The standard InChI is InChI=1S/C13H14N2OS/c1-16-11-5-2-6-12(8-11)17-13-10(9-14)4-3-7-15-13/h2-8H,9,14H2,1H3. The molecule has 0 bridgehead atoms. The van der Waals surface area contributed by atoms with Crippen LogP contribution in [0.25, 0.3) is 0 Å². The second kappa shape index (κ2) is 5.70. The molecule has 2 aromatic rings. The van der Waals surface area contributed by atoms with E-state index < -0.39 is 0 Å². The van der Waals surface area contributed by atoms with Crippen LogP contribution in [0.1, 0.15) is 5.56 Å². The molecular formula is C13H14N2OS. The molecule has 0 fully saturated rings. The molecule has 17 heavy (non-hydrogen) atoms. The van der Waals surface area contributed by atoms with Crippen molar-refractivity contribution in [3.05, 3.63) is 48.2 Å². The number of ether oxygens (including phenoxy) is 1. The zero-order valence-corrected chi connectivity index (χ0v) is 10.4. The molecule has 4 heteroatoms. The van der Waals surface area contributed by atoms with Gasteiger partial charge in [-0.25, -0.2) is 4.98 Å². The first-order chi connectivity index (χ1) is 8.33. The highest BCUT2D eigenvalue weighted by molar-refractivity contribution is 7.99. The quantitative estimate of drug-likeness (QED) is 0.901. The minimum absolute atomic E-state index is 0.500. The third-order valence-electron chi connectivity index (χ3n) is 2.33. The van der Waals surface area contributed by atoms with Crippen molar-refractivity contribution in [1.82, 2.24) is 4.98 Å². The molecule has 1 aromatic carbocycles. The molecule has 0 unspecified atom stereocenters. The molecule has 0 spiro atoms. The summed E-state index contributed by atoms with van der Waals surface area (Å²) in [6.07, 6.45) is 1.78. The highest BCUT2D eigenvalue weighted by Crippen LogP contribution is 2.30. The molecule has 0 amide bonds. The smallest absolute Gasteiger partial charge is 0.119 e. The lowest BCUT2D eigenvalue weighted by Gasteiger charge is -2.06. The predicted octanol–water partition coefficient (Wildman–Crippen LogP) is 2.70. The molecule has 88 valence electrons. The number of nitrogens with two attached hydrogens (primary N) is 1. The van der Waals surface area contributed by atoms with E-state index in [9.17, 15) is 0 Å². The van der Waals surface area contributed by atoms with Gasteiger partial charge in [0, 0.05) is 17.6 Å². The Hall–Kier alpha value is -1.52. The molecule has 2 N–H and O–H groups in total. The van der Waals surface area contributed by atoms with Gasteiger partial charge in [-0.3, -0.25) is 0 Å².